The molecule has 3 heterocycles. The molecule has 1 unspecified atom stereocenters. The summed E-state index contributed by atoms with van der Waals surface area (Å²) in [5.41, 5.74) is -1.69. The SMILES string of the molecule is O=c1ccn([C@@H]2O[C@H]([C@H](F)OC3O[C@H](CO)[C@H](O)[C@H](O)[C@H]3O)[C@@H](O)[C@H]2O)c(=O)[nH]1. The topological polar surface area (TPSA) is 204 Å². The van der Waals surface area contributed by atoms with Gasteiger partial charge in [-0.05, 0) is 0 Å². The van der Waals surface area contributed by atoms with Crippen LogP contribution in [-0.2, 0) is 14.2 Å². The van der Waals surface area contributed by atoms with E-state index in [2.05, 4.69) is 0 Å². The van der Waals surface area contributed by atoms with E-state index in [-0.39, 0.29) is 0 Å². The Kier molecular flexibility index (Phi) is 6.47. The molecule has 2 aliphatic heterocycles. The quantitative estimate of drug-likeness (QED) is 0.239. The predicted molar refractivity (Wildman–Crippen MR) is 87.0 cm³/mol. The maximum Gasteiger partial charge on any atom is 0.330 e. The molecule has 2 aliphatic rings. The molecule has 0 saturated carbocycles. The van der Waals surface area contributed by atoms with Crippen LogP contribution in [0, 0.1) is 0 Å². The molecule has 0 radical (unpaired) electrons. The average molecular weight is 424 g/mol. The normalized spacial score (nSPS) is 41.4. The van der Waals surface area contributed by atoms with Crippen molar-refractivity contribution < 1.29 is 49.2 Å². The van der Waals surface area contributed by atoms with Gasteiger partial charge < -0.3 is 44.8 Å². The molecule has 0 spiro atoms. The lowest BCUT2D eigenvalue weighted by Crippen LogP contribution is -2.60. The first-order valence-corrected chi connectivity index (χ1v) is 8.58. The summed E-state index contributed by atoms with van der Waals surface area (Å²) in [6.07, 6.45) is -17.2. The van der Waals surface area contributed by atoms with Crippen LogP contribution in [0.25, 0.3) is 0 Å². The number of halogens is 1. The van der Waals surface area contributed by atoms with Gasteiger partial charge in [-0.1, -0.05) is 0 Å². The van der Waals surface area contributed by atoms with E-state index in [0.717, 1.165) is 16.8 Å². The van der Waals surface area contributed by atoms with E-state index in [9.17, 15) is 39.5 Å². The third-order valence-electron chi connectivity index (χ3n) is 4.77. The van der Waals surface area contributed by atoms with Crippen LogP contribution in [0.4, 0.5) is 4.39 Å². The smallest absolute Gasteiger partial charge is 0.330 e. The number of aliphatic hydroxyl groups excluding tert-OH is 6. The first-order chi connectivity index (χ1) is 13.6. The van der Waals surface area contributed by atoms with Crippen molar-refractivity contribution in [2.45, 2.75) is 61.6 Å². The Morgan fingerprint density at radius 2 is 1.76 bits per heavy atom. The number of alkyl halides is 1. The van der Waals surface area contributed by atoms with Crippen LogP contribution in [0.2, 0.25) is 0 Å². The molecule has 0 amide bonds. The highest BCUT2D eigenvalue weighted by atomic mass is 19.1. The van der Waals surface area contributed by atoms with E-state index in [1.54, 1.807) is 0 Å². The van der Waals surface area contributed by atoms with Gasteiger partial charge in [0.15, 0.2) is 12.5 Å². The van der Waals surface area contributed by atoms with Crippen molar-refractivity contribution >= 4 is 0 Å². The van der Waals surface area contributed by atoms with Gasteiger partial charge in [0.1, 0.15) is 42.7 Å². The molecule has 13 nitrogen and oxygen atoms in total. The third kappa shape index (κ3) is 4.11. The number of hydrogen-bond acceptors (Lipinski definition) is 11. The van der Waals surface area contributed by atoms with Gasteiger partial charge in [0.25, 0.3) is 5.56 Å². The fourth-order valence-electron chi connectivity index (χ4n) is 3.14. The number of rotatable bonds is 5. The summed E-state index contributed by atoms with van der Waals surface area (Å²) >= 11 is 0. The monoisotopic (exact) mass is 424 g/mol. The zero-order valence-electron chi connectivity index (χ0n) is 14.7. The van der Waals surface area contributed by atoms with Crippen molar-refractivity contribution in [2.24, 2.45) is 0 Å². The number of nitrogens with zero attached hydrogens (tertiary/aromatic N) is 1. The first-order valence-electron chi connectivity index (χ1n) is 8.58. The van der Waals surface area contributed by atoms with Crippen LogP contribution in [-0.4, -0.2) is 102 Å². The van der Waals surface area contributed by atoms with Crippen LogP contribution in [0.1, 0.15) is 6.23 Å². The molecule has 164 valence electrons. The predicted octanol–water partition coefficient (Wildman–Crippen LogP) is -4.73. The molecule has 3 rings (SSSR count). The number of aliphatic hydroxyl groups is 6. The molecule has 2 saturated heterocycles. The maximum atomic E-state index is 14.6. The van der Waals surface area contributed by atoms with Crippen LogP contribution in [0.5, 0.6) is 0 Å². The fourth-order valence-corrected chi connectivity index (χ4v) is 3.14. The van der Waals surface area contributed by atoms with E-state index in [1.807, 2.05) is 4.98 Å². The van der Waals surface area contributed by atoms with Crippen molar-refractivity contribution in [1.82, 2.24) is 9.55 Å². The molecular formula is C15H21FN2O11. The maximum absolute atomic E-state index is 14.6. The van der Waals surface area contributed by atoms with Crippen LogP contribution in [0.3, 0.4) is 0 Å². The molecular weight excluding hydrogens is 403 g/mol. The zero-order chi connectivity index (χ0) is 21.5. The van der Waals surface area contributed by atoms with Gasteiger partial charge in [0.2, 0.25) is 6.36 Å². The van der Waals surface area contributed by atoms with Crippen molar-refractivity contribution in [3.8, 4) is 0 Å². The average Bonchev–Trinajstić information content (AvgIpc) is 2.97. The third-order valence-corrected chi connectivity index (χ3v) is 4.77. The molecule has 7 N–H and O–H groups in total. The standard InChI is InChI=1S/C15H21FN2O11/c16-12(29-14-10(25)7(22)6(21)4(3-19)27-14)11-8(23)9(24)13(28-11)18-2-1-5(20)17-15(18)26/h1-2,4,6-14,19,21-25H,3H2,(H,17,20,26)/t4-,6+,7+,8+,9-,10-,11+,12-,13-,14?/m1/s1. The van der Waals surface area contributed by atoms with Crippen molar-refractivity contribution in [2.75, 3.05) is 6.61 Å². The molecule has 10 atom stereocenters. The van der Waals surface area contributed by atoms with Crippen molar-refractivity contribution in [3.63, 3.8) is 0 Å². The Bertz CT molecular complexity index is 816. The Morgan fingerprint density at radius 3 is 2.38 bits per heavy atom. The van der Waals surface area contributed by atoms with E-state index in [0.29, 0.717) is 0 Å². The Labute approximate surface area is 161 Å². The molecule has 29 heavy (non-hydrogen) atoms. The molecule has 2 fully saturated rings. The number of aromatic nitrogens is 2. The summed E-state index contributed by atoms with van der Waals surface area (Å²) in [5, 5.41) is 58.6. The lowest BCUT2D eigenvalue weighted by molar-refractivity contribution is -0.334. The number of H-pyrrole nitrogens is 1. The summed E-state index contributed by atoms with van der Waals surface area (Å²) in [4.78, 5) is 24.9. The minimum Gasteiger partial charge on any atom is -0.394 e. The highest BCUT2D eigenvalue weighted by Crippen LogP contribution is 2.33. The fraction of sp³-hybridized carbons (Fsp3) is 0.733. The summed E-state index contributed by atoms with van der Waals surface area (Å²) in [6, 6.07) is 0.953. The highest BCUT2D eigenvalue weighted by molar-refractivity contribution is 4.95. The summed E-state index contributed by atoms with van der Waals surface area (Å²) in [6.45, 7) is -0.764. The Morgan fingerprint density at radius 1 is 1.07 bits per heavy atom. The van der Waals surface area contributed by atoms with Crippen molar-refractivity contribution in [3.05, 3.63) is 33.1 Å². The number of aromatic amines is 1. The number of nitrogens with one attached hydrogen (secondary N) is 1. The van der Waals surface area contributed by atoms with Gasteiger partial charge in [-0.2, -0.15) is 0 Å². The zero-order valence-corrected chi connectivity index (χ0v) is 14.7. The first kappa shape index (κ1) is 21.9. The van der Waals surface area contributed by atoms with E-state index in [4.69, 9.17) is 19.3 Å². The summed E-state index contributed by atoms with van der Waals surface area (Å²) < 4.78 is 30.4. The molecule has 1 aromatic heterocycles. The molecule has 14 heteroatoms. The van der Waals surface area contributed by atoms with Crippen LogP contribution < -0.4 is 11.2 Å². The Hall–Kier alpha value is -1.75. The van der Waals surface area contributed by atoms with Gasteiger partial charge in [0.05, 0.1) is 6.61 Å². The second kappa shape index (κ2) is 8.55. The second-order valence-corrected chi connectivity index (χ2v) is 6.67. The molecule has 0 aliphatic carbocycles. The number of ether oxygens (including phenoxy) is 3. The minimum atomic E-state index is -2.52. The van der Waals surface area contributed by atoms with E-state index >= 15 is 0 Å². The minimum absolute atomic E-state index is 0.717. The highest BCUT2D eigenvalue weighted by Gasteiger charge is 2.51. The van der Waals surface area contributed by atoms with Crippen LogP contribution in [0.15, 0.2) is 21.9 Å². The summed E-state index contributed by atoms with van der Waals surface area (Å²) in [5.74, 6) is 0. The molecule has 0 aromatic carbocycles. The second-order valence-electron chi connectivity index (χ2n) is 6.67. The van der Waals surface area contributed by atoms with E-state index < -0.39 is 79.5 Å². The number of hydrogen-bond donors (Lipinski definition) is 7. The Balaban J connectivity index is 1.73. The molecule has 1 aromatic rings. The lowest BCUT2D eigenvalue weighted by Gasteiger charge is -2.40. The van der Waals surface area contributed by atoms with Gasteiger partial charge in [-0.3, -0.25) is 14.3 Å². The van der Waals surface area contributed by atoms with Gasteiger partial charge in [-0.15, -0.1) is 0 Å². The summed E-state index contributed by atoms with van der Waals surface area (Å²) in [7, 11) is 0. The molecule has 0 bridgehead atoms. The van der Waals surface area contributed by atoms with E-state index in [1.165, 1.54) is 0 Å². The lowest BCUT2D eigenvalue weighted by atomic mass is 9.99. The van der Waals surface area contributed by atoms with Gasteiger partial charge in [-0.25, -0.2) is 9.18 Å². The van der Waals surface area contributed by atoms with Crippen molar-refractivity contribution in [1.29, 1.82) is 0 Å². The van der Waals surface area contributed by atoms with Gasteiger partial charge >= 0.3 is 5.69 Å². The largest absolute Gasteiger partial charge is 0.394 e. The van der Waals surface area contributed by atoms with Gasteiger partial charge in [0, 0.05) is 12.3 Å². The van der Waals surface area contributed by atoms with Crippen LogP contribution >= 0.6 is 0 Å².